The van der Waals surface area contributed by atoms with Crippen molar-refractivity contribution < 1.29 is 4.79 Å². The molecule has 2 aromatic rings. The Kier molecular flexibility index (Phi) is 2.77. The molecule has 0 unspecified atom stereocenters. The quantitative estimate of drug-likeness (QED) is 0.829. The highest BCUT2D eigenvalue weighted by atomic mass is 32.1. The van der Waals surface area contributed by atoms with Crippen molar-refractivity contribution in [3.63, 3.8) is 0 Å². The third-order valence-corrected chi connectivity index (χ3v) is 4.09. The maximum atomic E-state index is 12.1. The van der Waals surface area contributed by atoms with Gasteiger partial charge in [-0.05, 0) is 24.0 Å². The van der Waals surface area contributed by atoms with Gasteiger partial charge >= 0.3 is 0 Å². The van der Waals surface area contributed by atoms with Crippen LogP contribution < -0.4 is 0 Å². The molecule has 1 aliphatic rings. The van der Waals surface area contributed by atoms with Gasteiger partial charge in [-0.3, -0.25) is 4.79 Å². The Bertz CT molecular complexity index is 508. The second kappa shape index (κ2) is 4.41. The molecule has 0 fully saturated rings. The number of Topliss-reactive ketones (excluding diaryl/α,β-unsaturated/α-hetero) is 1. The van der Waals surface area contributed by atoms with E-state index < -0.39 is 0 Å². The van der Waals surface area contributed by atoms with E-state index in [0.717, 1.165) is 17.8 Å². The Hall–Kier alpha value is -1.48. The summed E-state index contributed by atoms with van der Waals surface area (Å²) in [6.45, 7) is 0. The minimum absolute atomic E-state index is 0.163. The molecule has 0 aliphatic heterocycles. The highest BCUT2D eigenvalue weighted by molar-refractivity contribution is 7.09. The van der Waals surface area contributed by atoms with E-state index in [0.29, 0.717) is 12.2 Å². The first-order valence-corrected chi connectivity index (χ1v) is 6.69. The lowest BCUT2D eigenvalue weighted by Gasteiger charge is -2.05. The van der Waals surface area contributed by atoms with E-state index in [1.54, 1.807) is 17.5 Å². The van der Waals surface area contributed by atoms with Gasteiger partial charge in [0.25, 0.3) is 0 Å². The molecule has 0 saturated heterocycles. The summed E-state index contributed by atoms with van der Waals surface area (Å²) in [4.78, 5) is 16.3. The fourth-order valence-corrected chi connectivity index (χ4v) is 3.05. The smallest absolute Gasteiger partial charge is 0.143 e. The summed E-state index contributed by atoms with van der Waals surface area (Å²) in [5.74, 6) is 0.493. The number of aromatic nitrogens is 1. The van der Waals surface area contributed by atoms with Crippen LogP contribution in [0.2, 0.25) is 0 Å². The molecule has 0 saturated carbocycles. The Balaban J connectivity index is 1.70. The Morgan fingerprint density at radius 2 is 2.00 bits per heavy atom. The van der Waals surface area contributed by atoms with Crippen LogP contribution in [-0.2, 0) is 24.1 Å². The second-order valence-electron chi connectivity index (χ2n) is 4.44. The normalized spacial score (nSPS) is 14.8. The molecule has 2 nitrogen and oxygen atoms in total. The van der Waals surface area contributed by atoms with Crippen molar-refractivity contribution in [2.75, 3.05) is 0 Å². The predicted octanol–water partition coefficient (Wildman–Crippen LogP) is 2.67. The van der Waals surface area contributed by atoms with E-state index in [4.69, 9.17) is 0 Å². The molecule has 0 radical (unpaired) electrons. The van der Waals surface area contributed by atoms with Gasteiger partial charge in [0, 0.05) is 17.5 Å². The number of hydrogen-bond acceptors (Lipinski definition) is 3. The van der Waals surface area contributed by atoms with Crippen molar-refractivity contribution in [2.45, 2.75) is 19.3 Å². The standard InChI is InChI=1S/C14H13NOS/c16-13(9-14-15-5-6-17-14)12-7-10-3-1-2-4-11(10)8-12/h1-6,12H,7-9H2. The summed E-state index contributed by atoms with van der Waals surface area (Å²) in [5, 5.41) is 2.86. The van der Waals surface area contributed by atoms with Gasteiger partial charge in [0.05, 0.1) is 11.4 Å². The summed E-state index contributed by atoms with van der Waals surface area (Å²) in [5.41, 5.74) is 2.68. The van der Waals surface area contributed by atoms with Gasteiger partial charge in [0.15, 0.2) is 0 Å². The number of ketones is 1. The first-order chi connectivity index (χ1) is 8.33. The van der Waals surface area contributed by atoms with Crippen LogP contribution in [0.15, 0.2) is 35.8 Å². The minimum atomic E-state index is 0.163. The molecule has 3 rings (SSSR count). The summed E-state index contributed by atoms with van der Waals surface area (Å²) in [6.07, 6.45) is 4.06. The van der Waals surface area contributed by atoms with E-state index in [2.05, 4.69) is 17.1 Å². The zero-order valence-electron chi connectivity index (χ0n) is 9.43. The number of thiazole rings is 1. The number of rotatable bonds is 3. The summed E-state index contributed by atoms with van der Waals surface area (Å²) in [6, 6.07) is 8.36. The Morgan fingerprint density at radius 1 is 1.29 bits per heavy atom. The summed E-state index contributed by atoms with van der Waals surface area (Å²) < 4.78 is 0. The van der Waals surface area contributed by atoms with Crippen LogP contribution in [-0.4, -0.2) is 10.8 Å². The van der Waals surface area contributed by atoms with E-state index in [-0.39, 0.29) is 5.92 Å². The Morgan fingerprint density at radius 3 is 2.59 bits per heavy atom. The fraction of sp³-hybridized carbons (Fsp3) is 0.286. The third kappa shape index (κ3) is 2.15. The van der Waals surface area contributed by atoms with Gasteiger partial charge in [0.2, 0.25) is 0 Å². The van der Waals surface area contributed by atoms with E-state index >= 15 is 0 Å². The number of carbonyl (C=O) groups excluding carboxylic acids is 1. The second-order valence-corrected chi connectivity index (χ2v) is 5.42. The molecule has 1 aliphatic carbocycles. The third-order valence-electron chi connectivity index (χ3n) is 3.32. The van der Waals surface area contributed by atoms with Crippen molar-refractivity contribution in [1.82, 2.24) is 4.98 Å². The van der Waals surface area contributed by atoms with Crippen molar-refractivity contribution in [3.8, 4) is 0 Å². The molecule has 86 valence electrons. The molecular weight excluding hydrogens is 230 g/mol. The first kappa shape index (κ1) is 10.7. The molecule has 0 atom stereocenters. The molecule has 3 heteroatoms. The van der Waals surface area contributed by atoms with Gasteiger partial charge in [-0.2, -0.15) is 0 Å². The van der Waals surface area contributed by atoms with Gasteiger partial charge in [-0.25, -0.2) is 4.98 Å². The number of benzene rings is 1. The molecular formula is C14H13NOS. The molecule has 0 N–H and O–H groups in total. The van der Waals surface area contributed by atoms with E-state index in [9.17, 15) is 4.79 Å². The first-order valence-electron chi connectivity index (χ1n) is 5.81. The monoisotopic (exact) mass is 243 g/mol. The highest BCUT2D eigenvalue weighted by Gasteiger charge is 2.27. The van der Waals surface area contributed by atoms with Crippen molar-refractivity contribution in [2.24, 2.45) is 5.92 Å². The molecule has 0 bridgehead atoms. The van der Waals surface area contributed by atoms with Crippen molar-refractivity contribution in [3.05, 3.63) is 52.0 Å². The molecule has 0 amide bonds. The SMILES string of the molecule is O=C(Cc1nccs1)C1Cc2ccccc2C1. The van der Waals surface area contributed by atoms with E-state index in [1.807, 2.05) is 17.5 Å². The predicted molar refractivity (Wildman–Crippen MR) is 68.2 cm³/mol. The van der Waals surface area contributed by atoms with Crippen molar-refractivity contribution in [1.29, 1.82) is 0 Å². The highest BCUT2D eigenvalue weighted by Crippen LogP contribution is 2.27. The fourth-order valence-electron chi connectivity index (χ4n) is 2.42. The van der Waals surface area contributed by atoms with Crippen LogP contribution in [0.1, 0.15) is 16.1 Å². The minimum Gasteiger partial charge on any atom is -0.299 e. The Labute approximate surface area is 104 Å². The van der Waals surface area contributed by atoms with Gasteiger partial charge in [-0.1, -0.05) is 24.3 Å². The van der Waals surface area contributed by atoms with Crippen LogP contribution in [0.4, 0.5) is 0 Å². The van der Waals surface area contributed by atoms with Crippen LogP contribution in [0.25, 0.3) is 0 Å². The zero-order valence-corrected chi connectivity index (χ0v) is 10.2. The molecule has 0 spiro atoms. The summed E-state index contributed by atoms with van der Waals surface area (Å²) >= 11 is 1.56. The maximum absolute atomic E-state index is 12.1. The van der Waals surface area contributed by atoms with Crippen LogP contribution in [0.3, 0.4) is 0 Å². The number of carbonyl (C=O) groups is 1. The van der Waals surface area contributed by atoms with Gasteiger partial charge in [0.1, 0.15) is 5.78 Å². The van der Waals surface area contributed by atoms with Crippen LogP contribution in [0.5, 0.6) is 0 Å². The number of hydrogen-bond donors (Lipinski definition) is 0. The topological polar surface area (TPSA) is 30.0 Å². The lowest BCUT2D eigenvalue weighted by atomic mass is 9.99. The molecule has 1 aromatic carbocycles. The lowest BCUT2D eigenvalue weighted by molar-refractivity contribution is -0.121. The molecule has 1 heterocycles. The lowest BCUT2D eigenvalue weighted by Crippen LogP contribution is -2.16. The van der Waals surface area contributed by atoms with E-state index in [1.165, 1.54) is 11.1 Å². The van der Waals surface area contributed by atoms with Gasteiger partial charge < -0.3 is 0 Å². The average Bonchev–Trinajstić information content (AvgIpc) is 2.96. The van der Waals surface area contributed by atoms with Gasteiger partial charge in [-0.15, -0.1) is 11.3 Å². The zero-order chi connectivity index (χ0) is 11.7. The number of fused-ring (bicyclic) bond motifs is 1. The molecule has 1 aromatic heterocycles. The largest absolute Gasteiger partial charge is 0.299 e. The maximum Gasteiger partial charge on any atom is 0.143 e. The summed E-state index contributed by atoms with van der Waals surface area (Å²) in [7, 11) is 0. The van der Waals surface area contributed by atoms with Crippen LogP contribution in [0, 0.1) is 5.92 Å². The van der Waals surface area contributed by atoms with Crippen molar-refractivity contribution >= 4 is 17.1 Å². The van der Waals surface area contributed by atoms with Crippen LogP contribution >= 0.6 is 11.3 Å². The average molecular weight is 243 g/mol. The molecule has 17 heavy (non-hydrogen) atoms. The number of nitrogens with zero attached hydrogens (tertiary/aromatic N) is 1.